The summed E-state index contributed by atoms with van der Waals surface area (Å²) in [6, 6.07) is 0. The van der Waals surface area contributed by atoms with Crippen molar-refractivity contribution >= 4 is 29.7 Å². The van der Waals surface area contributed by atoms with Gasteiger partial charge in [0.2, 0.25) is 0 Å². The second kappa shape index (κ2) is 14.7. The number of ether oxygens (including phenoxy) is 6. The number of aliphatic hydroxyl groups is 4. The minimum absolute atomic E-state index is 0.362. The fourth-order valence-electron chi connectivity index (χ4n) is 3.99. The summed E-state index contributed by atoms with van der Waals surface area (Å²) in [5.41, 5.74) is -3.45. The van der Waals surface area contributed by atoms with Crippen molar-refractivity contribution in [1.29, 1.82) is 0 Å². The first kappa shape index (κ1) is 37.7. The van der Waals surface area contributed by atoms with Gasteiger partial charge in [-0.15, -0.1) is 11.8 Å². The molecule has 14 heteroatoms. The van der Waals surface area contributed by atoms with Gasteiger partial charge in [-0.2, -0.15) is 0 Å². The van der Waals surface area contributed by atoms with Crippen molar-refractivity contribution in [3.8, 4) is 0 Å². The Kier molecular flexibility index (Phi) is 12.9. The summed E-state index contributed by atoms with van der Waals surface area (Å²) in [5.74, 6) is -1.20. The van der Waals surface area contributed by atoms with E-state index in [0.717, 1.165) is 0 Å². The second-order valence-electron chi connectivity index (χ2n) is 13.9. The molecule has 2 aliphatic heterocycles. The number of thioether (sulfide) groups is 1. The Morgan fingerprint density at radius 1 is 0.651 bits per heavy atom. The van der Waals surface area contributed by atoms with E-state index in [1.807, 2.05) is 6.92 Å². The van der Waals surface area contributed by atoms with Gasteiger partial charge in [0, 0.05) is 0 Å². The van der Waals surface area contributed by atoms with E-state index in [9.17, 15) is 34.8 Å². The van der Waals surface area contributed by atoms with E-state index in [0.29, 0.717) is 5.75 Å². The van der Waals surface area contributed by atoms with Crippen LogP contribution in [0.1, 0.15) is 69.2 Å². The van der Waals surface area contributed by atoms with Crippen LogP contribution in [0.4, 0.5) is 0 Å². The maximum absolute atomic E-state index is 12.8. The Morgan fingerprint density at radius 3 is 1.60 bits per heavy atom. The molecule has 2 saturated heterocycles. The third-order valence-electron chi connectivity index (χ3n) is 6.75. The summed E-state index contributed by atoms with van der Waals surface area (Å²) in [6.45, 7) is 15.9. The van der Waals surface area contributed by atoms with Crippen LogP contribution < -0.4 is 0 Å². The highest BCUT2D eigenvalue weighted by Gasteiger charge is 2.53. The third-order valence-corrected chi connectivity index (χ3v) is 7.79. The first-order valence-corrected chi connectivity index (χ1v) is 15.5. The molecular formula is C29H50O13S. The van der Waals surface area contributed by atoms with Crippen molar-refractivity contribution in [2.45, 2.75) is 130 Å². The van der Waals surface area contributed by atoms with Gasteiger partial charge in [-0.3, -0.25) is 14.4 Å². The molecule has 43 heavy (non-hydrogen) atoms. The lowest BCUT2D eigenvalue weighted by Gasteiger charge is -2.47. The molecule has 0 bridgehead atoms. The summed E-state index contributed by atoms with van der Waals surface area (Å²) in [6.07, 6.45) is -13.5. The zero-order chi connectivity index (χ0) is 33.1. The quantitative estimate of drug-likeness (QED) is 0.208. The smallest absolute Gasteiger partial charge is 0.311 e. The van der Waals surface area contributed by atoms with Gasteiger partial charge in [-0.05, 0) is 68.1 Å². The van der Waals surface area contributed by atoms with E-state index in [2.05, 4.69) is 0 Å². The van der Waals surface area contributed by atoms with Crippen LogP contribution in [-0.4, -0.2) is 118 Å². The zero-order valence-electron chi connectivity index (χ0n) is 26.8. The Bertz CT molecular complexity index is 951. The SMILES string of the molecule is CCSC1OC(COC(=O)C(C)(C)C)C(OC2OC(COC(=O)C(C)(C)C)C(O)C(O)C2O)C(O)C1OC(=O)C(C)(C)C. The van der Waals surface area contributed by atoms with Crippen LogP contribution >= 0.6 is 11.8 Å². The van der Waals surface area contributed by atoms with Crippen LogP contribution in [0.15, 0.2) is 0 Å². The Labute approximate surface area is 257 Å². The molecule has 0 aromatic heterocycles. The van der Waals surface area contributed by atoms with Gasteiger partial charge in [0.15, 0.2) is 12.4 Å². The molecule has 4 N–H and O–H groups in total. The largest absolute Gasteiger partial charge is 0.462 e. The molecule has 2 rings (SSSR count). The van der Waals surface area contributed by atoms with Gasteiger partial charge < -0.3 is 48.8 Å². The second-order valence-corrected chi connectivity index (χ2v) is 15.3. The van der Waals surface area contributed by atoms with Gasteiger partial charge in [0.25, 0.3) is 0 Å². The van der Waals surface area contributed by atoms with Gasteiger partial charge >= 0.3 is 17.9 Å². The van der Waals surface area contributed by atoms with E-state index in [4.69, 9.17) is 28.4 Å². The standard InChI is InChI=1S/C29H50O13S/c1-11-43-23-21(42-26(36)29(8,9)10)19(33)20(15(40-23)13-38-25(35)28(5,6)7)41-22-18(32)17(31)16(30)14(39-22)12-37-24(34)27(2,3)4/h14-23,30-33H,11-13H2,1-10H3. The molecule has 2 heterocycles. The summed E-state index contributed by atoms with van der Waals surface area (Å²) in [5, 5.41) is 43.4. The number of rotatable bonds is 9. The van der Waals surface area contributed by atoms with Crippen LogP contribution in [0, 0.1) is 16.2 Å². The van der Waals surface area contributed by atoms with E-state index >= 15 is 0 Å². The van der Waals surface area contributed by atoms with Crippen LogP contribution in [0.2, 0.25) is 0 Å². The van der Waals surface area contributed by atoms with Crippen molar-refractivity contribution in [3.63, 3.8) is 0 Å². The lowest BCUT2D eigenvalue weighted by Crippen LogP contribution is -2.65. The molecule has 2 fully saturated rings. The molecule has 0 amide bonds. The minimum Gasteiger partial charge on any atom is -0.462 e. The van der Waals surface area contributed by atoms with Crippen molar-refractivity contribution < 1.29 is 63.2 Å². The number of hydrogen-bond donors (Lipinski definition) is 4. The Hall–Kier alpha value is -1.52. The predicted octanol–water partition coefficient (Wildman–Crippen LogP) is 1.15. The monoisotopic (exact) mass is 638 g/mol. The first-order valence-electron chi connectivity index (χ1n) is 14.4. The van der Waals surface area contributed by atoms with Gasteiger partial charge in [0.05, 0.1) is 16.2 Å². The predicted molar refractivity (Wildman–Crippen MR) is 155 cm³/mol. The van der Waals surface area contributed by atoms with Gasteiger partial charge in [-0.1, -0.05) is 6.92 Å². The molecule has 0 aromatic carbocycles. The van der Waals surface area contributed by atoms with Crippen molar-refractivity contribution in [2.24, 2.45) is 16.2 Å². The van der Waals surface area contributed by atoms with E-state index < -0.39 is 101 Å². The molecule has 250 valence electrons. The topological polar surface area (TPSA) is 188 Å². The summed E-state index contributed by atoms with van der Waals surface area (Å²) >= 11 is 1.26. The maximum atomic E-state index is 12.8. The molecule has 13 nitrogen and oxygen atoms in total. The fraction of sp³-hybridized carbons (Fsp3) is 0.897. The minimum atomic E-state index is -1.80. The third kappa shape index (κ3) is 9.98. The van der Waals surface area contributed by atoms with Crippen molar-refractivity contribution in [3.05, 3.63) is 0 Å². The summed E-state index contributed by atoms with van der Waals surface area (Å²) in [4.78, 5) is 37.7. The lowest BCUT2D eigenvalue weighted by atomic mass is 9.95. The Balaban J connectivity index is 2.38. The number of carbonyl (C=O) groups is 3. The van der Waals surface area contributed by atoms with Crippen LogP contribution in [0.5, 0.6) is 0 Å². The van der Waals surface area contributed by atoms with E-state index in [1.165, 1.54) is 11.8 Å². The first-order chi connectivity index (χ1) is 19.6. The molecule has 0 aliphatic carbocycles. The highest BCUT2D eigenvalue weighted by molar-refractivity contribution is 7.99. The molecule has 0 saturated carbocycles. The maximum Gasteiger partial charge on any atom is 0.311 e. The van der Waals surface area contributed by atoms with Crippen LogP contribution in [0.3, 0.4) is 0 Å². The molecule has 0 aromatic rings. The molecule has 2 aliphatic rings. The lowest BCUT2D eigenvalue weighted by molar-refractivity contribution is -0.339. The zero-order valence-corrected chi connectivity index (χ0v) is 27.6. The van der Waals surface area contributed by atoms with Crippen LogP contribution in [-0.2, 0) is 42.8 Å². The van der Waals surface area contributed by atoms with Crippen molar-refractivity contribution in [1.82, 2.24) is 0 Å². The molecule has 0 spiro atoms. The average Bonchev–Trinajstić information content (AvgIpc) is 2.88. The highest BCUT2D eigenvalue weighted by atomic mass is 32.2. The molecule has 10 unspecified atom stereocenters. The van der Waals surface area contributed by atoms with E-state index in [-0.39, 0.29) is 6.61 Å². The summed E-state index contributed by atoms with van der Waals surface area (Å²) in [7, 11) is 0. The summed E-state index contributed by atoms with van der Waals surface area (Å²) < 4.78 is 34.3. The number of carbonyl (C=O) groups excluding carboxylic acids is 3. The van der Waals surface area contributed by atoms with Crippen LogP contribution in [0.25, 0.3) is 0 Å². The average molecular weight is 639 g/mol. The highest BCUT2D eigenvalue weighted by Crippen LogP contribution is 2.36. The number of hydrogen-bond acceptors (Lipinski definition) is 14. The molecular weight excluding hydrogens is 588 g/mol. The number of aliphatic hydroxyl groups excluding tert-OH is 4. The molecule has 10 atom stereocenters. The van der Waals surface area contributed by atoms with E-state index in [1.54, 1.807) is 62.3 Å². The Morgan fingerprint density at radius 2 is 1.14 bits per heavy atom. The normalized spacial score (nSPS) is 33.9. The van der Waals surface area contributed by atoms with Gasteiger partial charge in [0.1, 0.15) is 61.4 Å². The van der Waals surface area contributed by atoms with Gasteiger partial charge in [-0.25, -0.2) is 0 Å². The van der Waals surface area contributed by atoms with Crippen molar-refractivity contribution in [2.75, 3.05) is 19.0 Å². The number of esters is 3. The fourth-order valence-corrected chi connectivity index (χ4v) is 4.95. The molecule has 0 radical (unpaired) electrons.